The van der Waals surface area contributed by atoms with Crippen molar-refractivity contribution in [3.63, 3.8) is 0 Å². The van der Waals surface area contributed by atoms with Crippen molar-refractivity contribution in [1.29, 1.82) is 0 Å². The van der Waals surface area contributed by atoms with Gasteiger partial charge in [-0.1, -0.05) is 12.2 Å². The first-order chi connectivity index (χ1) is 6.63. The van der Waals surface area contributed by atoms with E-state index in [-0.39, 0.29) is 11.4 Å². The molecule has 2 saturated carbocycles. The Morgan fingerprint density at radius 2 is 2.14 bits per heavy atom. The average Bonchev–Trinajstić information content (AvgIpc) is 2.84. The van der Waals surface area contributed by atoms with E-state index >= 15 is 0 Å². The number of esters is 1. The fourth-order valence-corrected chi connectivity index (χ4v) is 3.83. The second-order valence-corrected chi connectivity index (χ2v) is 5.32. The van der Waals surface area contributed by atoms with Crippen LogP contribution in [0.2, 0.25) is 0 Å². The average molecular weight is 192 g/mol. The van der Waals surface area contributed by atoms with Crippen LogP contribution >= 0.6 is 0 Å². The number of allylic oxidation sites excluding steroid dienone is 2. The van der Waals surface area contributed by atoms with Gasteiger partial charge in [-0.15, -0.1) is 0 Å². The second-order valence-electron chi connectivity index (χ2n) is 5.32. The molecule has 0 N–H and O–H groups in total. The summed E-state index contributed by atoms with van der Waals surface area (Å²) in [5.41, 5.74) is 0.244. The fraction of sp³-hybridized carbons (Fsp3) is 0.750. The van der Waals surface area contributed by atoms with Crippen LogP contribution in [0, 0.1) is 22.7 Å². The smallest absolute Gasteiger partial charge is 0.312 e. The zero-order valence-electron chi connectivity index (χ0n) is 8.75. The Morgan fingerprint density at radius 1 is 1.43 bits per heavy atom. The molecule has 3 rings (SSSR count). The van der Waals surface area contributed by atoms with Crippen LogP contribution in [0.25, 0.3) is 0 Å². The minimum absolute atomic E-state index is 0.0133. The van der Waals surface area contributed by atoms with Crippen LogP contribution in [0.15, 0.2) is 12.2 Å². The number of ether oxygens (including phenoxy) is 1. The molecule has 2 heteroatoms. The normalized spacial score (nSPS) is 45.9. The lowest BCUT2D eigenvalue weighted by molar-refractivity contribution is -0.153. The summed E-state index contributed by atoms with van der Waals surface area (Å²) >= 11 is 0. The molecule has 3 aliphatic rings. The minimum Gasteiger partial charge on any atom is -0.469 e. The van der Waals surface area contributed by atoms with Gasteiger partial charge in [0.25, 0.3) is 0 Å². The van der Waals surface area contributed by atoms with E-state index in [1.54, 1.807) is 0 Å². The lowest BCUT2D eigenvalue weighted by Crippen LogP contribution is -2.34. The number of methoxy groups -OCH3 is 1. The standard InChI is InChI=1S/C12H16O2/c1-11(10(13)14-2)7-8-3-4-9(11)12(8)5-6-12/h3-4,8-9H,5-7H2,1-2H3/t8-,9+,11-/m1/s1. The molecule has 0 aromatic rings. The van der Waals surface area contributed by atoms with Crippen LogP contribution in [0.4, 0.5) is 0 Å². The van der Waals surface area contributed by atoms with Crippen LogP contribution in [0.1, 0.15) is 26.2 Å². The van der Waals surface area contributed by atoms with E-state index in [0.717, 1.165) is 6.42 Å². The van der Waals surface area contributed by atoms with Crippen molar-refractivity contribution in [2.45, 2.75) is 26.2 Å². The first-order valence-electron chi connectivity index (χ1n) is 5.40. The SMILES string of the molecule is COC(=O)[C@]1(C)C[C@H]2C=C[C@@H]1C21CC1. The summed E-state index contributed by atoms with van der Waals surface area (Å²) in [7, 11) is 1.50. The zero-order chi connectivity index (χ0) is 9.97. The van der Waals surface area contributed by atoms with Crippen molar-refractivity contribution >= 4 is 5.97 Å². The van der Waals surface area contributed by atoms with Crippen molar-refractivity contribution < 1.29 is 9.53 Å². The predicted molar refractivity (Wildman–Crippen MR) is 52.5 cm³/mol. The van der Waals surface area contributed by atoms with Gasteiger partial charge < -0.3 is 4.74 Å². The largest absolute Gasteiger partial charge is 0.469 e. The number of hydrogen-bond acceptors (Lipinski definition) is 2. The number of hydrogen-bond donors (Lipinski definition) is 0. The molecule has 2 bridgehead atoms. The Labute approximate surface area is 84.3 Å². The summed E-state index contributed by atoms with van der Waals surface area (Å²) in [5, 5.41) is 0. The van der Waals surface area contributed by atoms with Crippen LogP contribution in [0.5, 0.6) is 0 Å². The Bertz CT molecular complexity index is 327. The van der Waals surface area contributed by atoms with Gasteiger partial charge in [-0.3, -0.25) is 4.79 Å². The highest BCUT2D eigenvalue weighted by Gasteiger charge is 2.69. The Kier molecular flexibility index (Phi) is 1.36. The van der Waals surface area contributed by atoms with Gasteiger partial charge >= 0.3 is 5.97 Å². The molecule has 0 aromatic heterocycles. The monoisotopic (exact) mass is 192 g/mol. The molecule has 3 aliphatic carbocycles. The molecule has 14 heavy (non-hydrogen) atoms. The first kappa shape index (κ1) is 8.51. The van der Waals surface area contributed by atoms with E-state index in [9.17, 15) is 4.79 Å². The number of carbonyl (C=O) groups is 1. The molecule has 0 heterocycles. The van der Waals surface area contributed by atoms with Gasteiger partial charge in [0.15, 0.2) is 0 Å². The third kappa shape index (κ3) is 0.723. The third-order valence-corrected chi connectivity index (χ3v) is 4.70. The second kappa shape index (κ2) is 2.23. The lowest BCUT2D eigenvalue weighted by Gasteiger charge is -2.29. The molecule has 0 amide bonds. The topological polar surface area (TPSA) is 26.3 Å². The van der Waals surface area contributed by atoms with Crippen molar-refractivity contribution in [3.05, 3.63) is 12.2 Å². The highest BCUT2D eigenvalue weighted by atomic mass is 16.5. The Hall–Kier alpha value is -0.790. The molecule has 0 aromatic carbocycles. The maximum atomic E-state index is 11.8. The molecular weight excluding hydrogens is 176 g/mol. The summed E-state index contributed by atoms with van der Waals surface area (Å²) in [6, 6.07) is 0. The molecule has 0 aliphatic heterocycles. The van der Waals surface area contributed by atoms with Gasteiger partial charge in [0, 0.05) is 0 Å². The van der Waals surface area contributed by atoms with E-state index < -0.39 is 0 Å². The predicted octanol–water partition coefficient (Wildman–Crippen LogP) is 2.15. The molecule has 1 spiro atoms. The van der Waals surface area contributed by atoms with E-state index in [0.29, 0.717) is 17.3 Å². The fourth-order valence-electron chi connectivity index (χ4n) is 3.83. The summed E-state index contributed by atoms with van der Waals surface area (Å²) in [6.07, 6.45) is 8.20. The van der Waals surface area contributed by atoms with Crippen molar-refractivity contribution in [1.82, 2.24) is 0 Å². The number of carbonyl (C=O) groups excluding carboxylic acids is 1. The van der Waals surface area contributed by atoms with Crippen molar-refractivity contribution in [2.75, 3.05) is 7.11 Å². The van der Waals surface area contributed by atoms with Crippen LogP contribution in [-0.2, 0) is 9.53 Å². The third-order valence-electron chi connectivity index (χ3n) is 4.70. The highest BCUT2D eigenvalue weighted by Crippen LogP contribution is 2.73. The molecule has 0 radical (unpaired) electrons. The maximum Gasteiger partial charge on any atom is 0.312 e. The van der Waals surface area contributed by atoms with Crippen molar-refractivity contribution in [2.24, 2.45) is 22.7 Å². The summed E-state index contributed by atoms with van der Waals surface area (Å²) in [5.74, 6) is 1.09. The zero-order valence-corrected chi connectivity index (χ0v) is 8.75. The van der Waals surface area contributed by atoms with E-state index in [1.165, 1.54) is 20.0 Å². The molecule has 0 unspecified atom stereocenters. The van der Waals surface area contributed by atoms with Gasteiger partial charge in [0.05, 0.1) is 12.5 Å². The molecular formula is C12H16O2. The van der Waals surface area contributed by atoms with Crippen LogP contribution < -0.4 is 0 Å². The molecule has 76 valence electrons. The molecule has 3 atom stereocenters. The highest BCUT2D eigenvalue weighted by molar-refractivity contribution is 5.78. The van der Waals surface area contributed by atoms with E-state index in [1.807, 2.05) is 0 Å². The maximum absolute atomic E-state index is 11.8. The minimum atomic E-state index is -0.231. The van der Waals surface area contributed by atoms with E-state index in [2.05, 4.69) is 19.1 Å². The van der Waals surface area contributed by atoms with Crippen LogP contribution in [-0.4, -0.2) is 13.1 Å². The summed E-state index contributed by atoms with van der Waals surface area (Å²) in [4.78, 5) is 11.8. The van der Waals surface area contributed by atoms with Crippen LogP contribution in [0.3, 0.4) is 0 Å². The number of rotatable bonds is 1. The quantitative estimate of drug-likeness (QED) is 0.470. The van der Waals surface area contributed by atoms with Gasteiger partial charge in [-0.05, 0) is 43.4 Å². The Morgan fingerprint density at radius 3 is 2.64 bits per heavy atom. The van der Waals surface area contributed by atoms with Crippen molar-refractivity contribution in [3.8, 4) is 0 Å². The van der Waals surface area contributed by atoms with Gasteiger partial charge in [-0.25, -0.2) is 0 Å². The first-order valence-corrected chi connectivity index (χ1v) is 5.40. The molecule has 2 nitrogen and oxygen atoms in total. The molecule has 2 fully saturated rings. The Balaban J connectivity index is 1.99. The lowest BCUT2D eigenvalue weighted by atomic mass is 9.76. The molecule has 0 saturated heterocycles. The van der Waals surface area contributed by atoms with E-state index in [4.69, 9.17) is 4.74 Å². The van der Waals surface area contributed by atoms with Gasteiger partial charge in [0.1, 0.15) is 0 Å². The summed E-state index contributed by atoms with van der Waals surface area (Å²) < 4.78 is 4.94. The summed E-state index contributed by atoms with van der Waals surface area (Å²) in [6.45, 7) is 2.08. The van der Waals surface area contributed by atoms with Gasteiger partial charge in [0.2, 0.25) is 0 Å². The van der Waals surface area contributed by atoms with Gasteiger partial charge in [-0.2, -0.15) is 0 Å².